The lowest BCUT2D eigenvalue weighted by atomic mass is 10.2. The average Bonchev–Trinajstić information content (AvgIpc) is 2.89. The molecule has 0 aromatic heterocycles. The molecular weight excluding hydrogens is 476 g/mol. The third-order valence-electron chi connectivity index (χ3n) is 5.14. The van der Waals surface area contributed by atoms with Crippen LogP contribution in [0, 0.1) is 6.92 Å². The van der Waals surface area contributed by atoms with Gasteiger partial charge in [-0.25, -0.2) is 5.43 Å². The number of aryl methyl sites for hydroxylation is 1. The molecule has 0 aliphatic carbocycles. The van der Waals surface area contributed by atoms with Gasteiger partial charge in [0, 0.05) is 5.56 Å². The van der Waals surface area contributed by atoms with Crippen molar-refractivity contribution in [1.82, 2.24) is 5.43 Å². The first kappa shape index (κ1) is 24.7. The summed E-state index contributed by atoms with van der Waals surface area (Å²) in [5.74, 6) is 0.460. The highest BCUT2D eigenvalue weighted by Crippen LogP contribution is 2.19. The second-order valence-corrected chi connectivity index (χ2v) is 9.46. The standard InChI is InChI=1S/C28H24N2O5S/c1-21-7-17-27(18-8-21)36(32,33)35-26-13-9-22(10-14-26)19-29-30-28(31)24-11-15-25(16-12-24)34-20-23-5-3-2-4-6-23/h2-19H,20H2,1H3,(H,30,31). The van der Waals surface area contributed by atoms with E-state index in [-0.39, 0.29) is 16.6 Å². The Hall–Kier alpha value is -4.43. The van der Waals surface area contributed by atoms with Crippen LogP contribution in [-0.4, -0.2) is 20.5 Å². The van der Waals surface area contributed by atoms with E-state index in [1.54, 1.807) is 48.5 Å². The van der Waals surface area contributed by atoms with Crippen LogP contribution in [0.25, 0.3) is 0 Å². The first-order valence-electron chi connectivity index (χ1n) is 11.1. The maximum atomic E-state index is 12.4. The molecule has 0 fully saturated rings. The van der Waals surface area contributed by atoms with Crippen LogP contribution in [-0.2, 0) is 16.7 Å². The molecular formula is C28H24N2O5S. The third-order valence-corrected chi connectivity index (χ3v) is 6.40. The van der Waals surface area contributed by atoms with Gasteiger partial charge >= 0.3 is 10.1 Å². The largest absolute Gasteiger partial charge is 0.489 e. The van der Waals surface area contributed by atoms with Crippen molar-refractivity contribution in [2.45, 2.75) is 18.4 Å². The summed E-state index contributed by atoms with van der Waals surface area (Å²) >= 11 is 0. The Balaban J connectivity index is 1.28. The Kier molecular flexibility index (Phi) is 7.77. The molecule has 0 atom stereocenters. The van der Waals surface area contributed by atoms with Crippen molar-refractivity contribution in [3.8, 4) is 11.5 Å². The van der Waals surface area contributed by atoms with Crippen molar-refractivity contribution < 1.29 is 22.1 Å². The molecule has 0 heterocycles. The summed E-state index contributed by atoms with van der Waals surface area (Å²) in [7, 11) is -3.92. The maximum absolute atomic E-state index is 12.4. The number of benzene rings is 4. The minimum absolute atomic E-state index is 0.0808. The number of rotatable bonds is 9. The third kappa shape index (κ3) is 6.80. The number of amides is 1. The zero-order valence-electron chi connectivity index (χ0n) is 19.5. The molecule has 0 bridgehead atoms. The minimum Gasteiger partial charge on any atom is -0.489 e. The normalized spacial score (nSPS) is 11.2. The zero-order chi connectivity index (χ0) is 25.4. The van der Waals surface area contributed by atoms with Gasteiger partial charge in [-0.3, -0.25) is 4.79 Å². The fraction of sp³-hybridized carbons (Fsp3) is 0.0714. The highest BCUT2D eigenvalue weighted by Gasteiger charge is 2.16. The van der Waals surface area contributed by atoms with E-state index in [0.717, 1.165) is 11.1 Å². The van der Waals surface area contributed by atoms with Crippen molar-refractivity contribution >= 4 is 22.2 Å². The predicted octanol–water partition coefficient (Wildman–Crippen LogP) is 5.11. The summed E-state index contributed by atoms with van der Waals surface area (Å²) in [6.07, 6.45) is 1.45. The van der Waals surface area contributed by atoms with E-state index in [0.29, 0.717) is 23.5 Å². The lowest BCUT2D eigenvalue weighted by Gasteiger charge is -2.07. The fourth-order valence-corrected chi connectivity index (χ4v) is 4.09. The average molecular weight is 501 g/mol. The van der Waals surface area contributed by atoms with Crippen molar-refractivity contribution in [2.75, 3.05) is 0 Å². The molecule has 1 amide bonds. The van der Waals surface area contributed by atoms with Gasteiger partial charge in [-0.15, -0.1) is 0 Å². The Morgan fingerprint density at radius 1 is 0.833 bits per heavy atom. The number of nitrogens with one attached hydrogen (secondary N) is 1. The molecule has 8 heteroatoms. The minimum atomic E-state index is -3.92. The molecule has 0 saturated carbocycles. The number of ether oxygens (including phenoxy) is 1. The van der Waals surface area contributed by atoms with E-state index >= 15 is 0 Å². The molecule has 7 nitrogen and oxygen atoms in total. The van der Waals surface area contributed by atoms with E-state index in [1.165, 1.54) is 30.5 Å². The Morgan fingerprint density at radius 2 is 1.47 bits per heavy atom. The molecule has 182 valence electrons. The van der Waals surface area contributed by atoms with Crippen LogP contribution in [0.15, 0.2) is 113 Å². The van der Waals surface area contributed by atoms with Crippen LogP contribution in [0.1, 0.15) is 27.0 Å². The van der Waals surface area contributed by atoms with E-state index < -0.39 is 10.1 Å². The molecule has 4 aromatic carbocycles. The van der Waals surface area contributed by atoms with Crippen molar-refractivity contribution in [1.29, 1.82) is 0 Å². The van der Waals surface area contributed by atoms with Crippen molar-refractivity contribution in [3.05, 3.63) is 125 Å². The van der Waals surface area contributed by atoms with Gasteiger partial charge in [-0.1, -0.05) is 48.0 Å². The van der Waals surface area contributed by atoms with Gasteiger partial charge in [-0.2, -0.15) is 13.5 Å². The van der Waals surface area contributed by atoms with Crippen LogP contribution in [0.4, 0.5) is 0 Å². The number of carbonyl (C=O) groups is 1. The van der Waals surface area contributed by atoms with E-state index in [2.05, 4.69) is 10.5 Å². The van der Waals surface area contributed by atoms with Gasteiger partial charge in [0.1, 0.15) is 23.0 Å². The summed E-state index contributed by atoms with van der Waals surface area (Å²) in [6, 6.07) is 29.3. The second-order valence-electron chi connectivity index (χ2n) is 7.92. The van der Waals surface area contributed by atoms with Gasteiger partial charge in [-0.05, 0) is 78.7 Å². The van der Waals surface area contributed by atoms with Gasteiger partial charge in [0.25, 0.3) is 5.91 Å². The second kappa shape index (κ2) is 11.3. The van der Waals surface area contributed by atoms with Gasteiger partial charge in [0.05, 0.1) is 6.21 Å². The zero-order valence-corrected chi connectivity index (χ0v) is 20.3. The number of hydrazone groups is 1. The topological polar surface area (TPSA) is 94.1 Å². The maximum Gasteiger partial charge on any atom is 0.339 e. The number of carbonyl (C=O) groups excluding carboxylic acids is 1. The van der Waals surface area contributed by atoms with Gasteiger partial charge < -0.3 is 8.92 Å². The molecule has 0 spiro atoms. The first-order chi connectivity index (χ1) is 17.4. The molecule has 0 saturated heterocycles. The van der Waals surface area contributed by atoms with E-state index in [9.17, 15) is 13.2 Å². The molecule has 36 heavy (non-hydrogen) atoms. The molecule has 4 rings (SSSR count). The number of hydrogen-bond donors (Lipinski definition) is 1. The molecule has 1 N–H and O–H groups in total. The highest BCUT2D eigenvalue weighted by atomic mass is 32.2. The lowest BCUT2D eigenvalue weighted by Crippen LogP contribution is -2.17. The number of nitrogens with zero attached hydrogens (tertiary/aromatic N) is 1. The Labute approximate surface area is 210 Å². The first-order valence-corrected chi connectivity index (χ1v) is 12.5. The van der Waals surface area contributed by atoms with Crippen LogP contribution in [0.3, 0.4) is 0 Å². The van der Waals surface area contributed by atoms with Crippen LogP contribution in [0.5, 0.6) is 11.5 Å². The summed E-state index contributed by atoms with van der Waals surface area (Å²) in [5.41, 5.74) is 5.56. The van der Waals surface area contributed by atoms with Crippen LogP contribution < -0.4 is 14.3 Å². The lowest BCUT2D eigenvalue weighted by molar-refractivity contribution is 0.0955. The summed E-state index contributed by atoms with van der Waals surface area (Å²) in [4.78, 5) is 12.4. The predicted molar refractivity (Wildman–Crippen MR) is 138 cm³/mol. The van der Waals surface area contributed by atoms with E-state index in [4.69, 9.17) is 8.92 Å². The van der Waals surface area contributed by atoms with Gasteiger partial charge in [0.2, 0.25) is 0 Å². The molecule has 0 unspecified atom stereocenters. The Bertz CT molecular complexity index is 1430. The van der Waals surface area contributed by atoms with Crippen LogP contribution in [0.2, 0.25) is 0 Å². The molecule has 0 aliphatic heterocycles. The monoisotopic (exact) mass is 500 g/mol. The molecule has 0 radical (unpaired) electrons. The summed E-state index contributed by atoms with van der Waals surface area (Å²) in [6.45, 7) is 2.32. The van der Waals surface area contributed by atoms with Crippen molar-refractivity contribution in [3.63, 3.8) is 0 Å². The summed E-state index contributed by atoms with van der Waals surface area (Å²) < 4.78 is 35.7. The van der Waals surface area contributed by atoms with Crippen LogP contribution >= 0.6 is 0 Å². The molecule has 4 aromatic rings. The number of hydrogen-bond acceptors (Lipinski definition) is 6. The fourth-order valence-electron chi connectivity index (χ4n) is 3.16. The van der Waals surface area contributed by atoms with Gasteiger partial charge in [0.15, 0.2) is 0 Å². The van der Waals surface area contributed by atoms with Crippen molar-refractivity contribution in [2.24, 2.45) is 5.10 Å². The smallest absolute Gasteiger partial charge is 0.339 e. The quantitative estimate of drug-likeness (QED) is 0.196. The van der Waals surface area contributed by atoms with E-state index in [1.807, 2.05) is 37.3 Å². The Morgan fingerprint density at radius 3 is 2.14 bits per heavy atom. The summed E-state index contributed by atoms with van der Waals surface area (Å²) in [5, 5.41) is 3.96. The SMILES string of the molecule is Cc1ccc(S(=O)(=O)Oc2ccc(C=NNC(=O)c3ccc(OCc4ccccc4)cc3)cc2)cc1. The molecule has 0 aliphatic rings. The highest BCUT2D eigenvalue weighted by molar-refractivity contribution is 7.87.